The maximum atomic E-state index is 12.8. The van der Waals surface area contributed by atoms with Crippen LogP contribution in [-0.4, -0.2) is 79.5 Å². The second-order valence-corrected chi connectivity index (χ2v) is 23.8. The smallest absolute Gasteiger partial charge is 0.306 e. The molecule has 77 heavy (non-hydrogen) atoms. The van der Waals surface area contributed by atoms with E-state index in [2.05, 4.69) is 75.1 Å². The number of ether oxygens (including phenoxy) is 2. The van der Waals surface area contributed by atoms with Crippen LogP contribution in [0, 0.1) is 17.3 Å². The van der Waals surface area contributed by atoms with Crippen molar-refractivity contribution in [2.75, 3.05) is 44.8 Å². The summed E-state index contributed by atoms with van der Waals surface area (Å²) in [6.45, 7) is 22.9. The third-order valence-corrected chi connectivity index (χ3v) is 16.4. The van der Waals surface area contributed by atoms with E-state index in [-0.39, 0.29) is 36.5 Å². The number of hydrogen-bond donors (Lipinski definition) is 0. The molecule has 0 bridgehead atoms. The Kier molecular flexibility index (Phi) is 49.4. The lowest BCUT2D eigenvalue weighted by atomic mass is 9.83. The van der Waals surface area contributed by atoms with Gasteiger partial charge in [0.1, 0.15) is 11.9 Å². The normalized spacial score (nSPS) is 14.7. The summed E-state index contributed by atoms with van der Waals surface area (Å²) in [5, 5.41) is 0. The van der Waals surface area contributed by atoms with Crippen molar-refractivity contribution in [2.45, 2.75) is 312 Å². The standard InChI is InChI=1S/C52H91N3O5.C16H32.CH4/c1-7-9-11-13-16-22-28-50(29-23-17-14-12-10-8-2)60-51(58)30-24-18-15-21-27-41-59-44-48-42-46(31-32-49(57)35-40-54(6)47-33-37-53-38-34-47)43-55(48)39-26-20-19-25-36-52(4,5)45(3)56;1-4-7-10-13-16(14-11-8-5-2)15-12-9-6-3;/h31-34,37-38,46,48,50H,7-30,35-36,39-44H2,1-6H3;4,16H,1,5-15H2,2-3H3;1H4/b32-31+;;/t46-,48-;;/m0../s1. The number of carbonyl (C=O) groups is 3. The topological polar surface area (TPSA) is 89.0 Å². The molecule has 2 heterocycles. The Morgan fingerprint density at radius 3 is 1.82 bits per heavy atom. The fourth-order valence-electron chi connectivity index (χ4n) is 10.7. The summed E-state index contributed by atoms with van der Waals surface area (Å²) in [4.78, 5) is 46.3. The van der Waals surface area contributed by atoms with Crippen molar-refractivity contribution in [1.82, 2.24) is 9.88 Å². The van der Waals surface area contributed by atoms with Crippen LogP contribution < -0.4 is 4.90 Å². The molecule has 1 saturated heterocycles. The molecule has 1 fully saturated rings. The Bertz CT molecular complexity index is 1520. The molecule has 1 aromatic rings. The fraction of sp³-hybridized carbons (Fsp3) is 0.826. The van der Waals surface area contributed by atoms with Crippen LogP contribution >= 0.6 is 0 Å². The van der Waals surface area contributed by atoms with Gasteiger partial charge in [-0.1, -0.05) is 222 Å². The molecule has 2 rings (SSSR count). The summed E-state index contributed by atoms with van der Waals surface area (Å²) >= 11 is 0. The van der Waals surface area contributed by atoms with Gasteiger partial charge in [0, 0.05) is 69.1 Å². The molecule has 1 aliphatic rings. The summed E-state index contributed by atoms with van der Waals surface area (Å²) in [7, 11) is 2.01. The van der Waals surface area contributed by atoms with Crippen molar-refractivity contribution in [1.29, 1.82) is 0 Å². The van der Waals surface area contributed by atoms with Crippen LogP contribution in [0.5, 0.6) is 0 Å². The van der Waals surface area contributed by atoms with Crippen LogP contribution in [0.4, 0.5) is 5.69 Å². The van der Waals surface area contributed by atoms with Crippen molar-refractivity contribution in [3.63, 3.8) is 0 Å². The number of anilines is 1. The molecule has 2 atom stereocenters. The van der Waals surface area contributed by atoms with Gasteiger partial charge in [-0.15, -0.1) is 6.58 Å². The first kappa shape index (κ1) is 74.2. The fourth-order valence-corrected chi connectivity index (χ4v) is 10.7. The van der Waals surface area contributed by atoms with E-state index in [4.69, 9.17) is 9.47 Å². The van der Waals surface area contributed by atoms with Crippen molar-refractivity contribution in [2.24, 2.45) is 17.3 Å². The molecule has 8 heteroatoms. The number of rotatable bonds is 51. The van der Waals surface area contributed by atoms with Crippen LogP contribution in [0.25, 0.3) is 0 Å². The van der Waals surface area contributed by atoms with Crippen LogP contribution in [0.15, 0.2) is 49.3 Å². The Labute approximate surface area is 478 Å². The summed E-state index contributed by atoms with van der Waals surface area (Å²) < 4.78 is 12.3. The minimum Gasteiger partial charge on any atom is -0.462 e. The van der Waals surface area contributed by atoms with Gasteiger partial charge in [0.25, 0.3) is 0 Å². The van der Waals surface area contributed by atoms with Crippen LogP contribution in [0.3, 0.4) is 0 Å². The summed E-state index contributed by atoms with van der Waals surface area (Å²) in [5.41, 5.74) is 0.844. The first-order valence-corrected chi connectivity index (χ1v) is 32.4. The molecule has 8 nitrogen and oxygen atoms in total. The Morgan fingerprint density at radius 2 is 1.22 bits per heavy atom. The first-order chi connectivity index (χ1) is 36.9. The Hall–Kier alpha value is -2.84. The highest BCUT2D eigenvalue weighted by Gasteiger charge is 2.31. The number of likely N-dealkylation sites (tertiary alicyclic amines) is 1. The molecular formula is C69H127N3O5. The lowest BCUT2D eigenvalue weighted by molar-refractivity contribution is -0.150. The Morgan fingerprint density at radius 1 is 0.701 bits per heavy atom. The number of unbranched alkanes of at least 4 members (excludes halogenated alkanes) is 22. The monoisotopic (exact) mass is 1080 g/mol. The van der Waals surface area contributed by atoms with E-state index in [0.29, 0.717) is 31.3 Å². The van der Waals surface area contributed by atoms with Crippen molar-refractivity contribution in [3.8, 4) is 0 Å². The third-order valence-electron chi connectivity index (χ3n) is 16.4. The minimum absolute atomic E-state index is 0. The molecule has 448 valence electrons. The number of nitrogens with zero attached hydrogens (tertiary/aromatic N) is 3. The molecular weight excluding hydrogens is 951 g/mol. The van der Waals surface area contributed by atoms with E-state index < -0.39 is 0 Å². The zero-order valence-corrected chi connectivity index (χ0v) is 51.3. The highest BCUT2D eigenvalue weighted by molar-refractivity contribution is 5.90. The second-order valence-electron chi connectivity index (χ2n) is 23.8. The summed E-state index contributed by atoms with van der Waals surface area (Å²) in [5.74, 6) is 1.80. The number of ketones is 2. The van der Waals surface area contributed by atoms with E-state index in [0.717, 1.165) is 115 Å². The van der Waals surface area contributed by atoms with E-state index in [9.17, 15) is 14.4 Å². The number of esters is 1. The van der Waals surface area contributed by atoms with Gasteiger partial charge in [0.2, 0.25) is 0 Å². The number of pyridine rings is 1. The lowest BCUT2D eigenvalue weighted by Crippen LogP contribution is -2.34. The molecule has 0 aliphatic carbocycles. The van der Waals surface area contributed by atoms with Crippen LogP contribution in [0.1, 0.15) is 300 Å². The van der Waals surface area contributed by atoms with Crippen molar-refractivity contribution < 1.29 is 23.9 Å². The van der Waals surface area contributed by atoms with E-state index >= 15 is 0 Å². The maximum absolute atomic E-state index is 12.8. The number of hydrogen-bond acceptors (Lipinski definition) is 8. The quantitative estimate of drug-likeness (QED) is 0.0276. The number of allylic oxidation sites excluding steroid dienone is 2. The molecule has 0 amide bonds. The zero-order valence-electron chi connectivity index (χ0n) is 51.3. The third kappa shape index (κ3) is 41.8. The predicted molar refractivity (Wildman–Crippen MR) is 334 cm³/mol. The van der Waals surface area contributed by atoms with Gasteiger partial charge in [0.05, 0.1) is 6.61 Å². The molecule has 0 radical (unpaired) electrons. The first-order valence-electron chi connectivity index (χ1n) is 32.4. The van der Waals surface area contributed by atoms with E-state index in [1.165, 1.54) is 154 Å². The van der Waals surface area contributed by atoms with Crippen LogP contribution in [-0.2, 0) is 23.9 Å². The van der Waals surface area contributed by atoms with Gasteiger partial charge >= 0.3 is 5.97 Å². The van der Waals surface area contributed by atoms with Gasteiger partial charge in [-0.25, -0.2) is 0 Å². The molecule has 0 unspecified atom stereocenters. The van der Waals surface area contributed by atoms with Gasteiger partial charge < -0.3 is 14.4 Å². The lowest BCUT2D eigenvalue weighted by Gasteiger charge is -2.24. The zero-order chi connectivity index (χ0) is 55.8. The highest BCUT2D eigenvalue weighted by atomic mass is 16.5. The molecule has 0 N–H and O–H groups in total. The summed E-state index contributed by atoms with van der Waals surface area (Å²) in [6, 6.07) is 4.29. The molecule has 0 aromatic carbocycles. The Balaban J connectivity index is 0.00000291. The highest BCUT2D eigenvalue weighted by Crippen LogP contribution is 2.28. The largest absolute Gasteiger partial charge is 0.462 e. The number of Topliss-reactive ketones (excluding diaryl/α,β-unsaturated/α-hetero) is 1. The SMILES string of the molecule is C.C=CCCCC(CCCCC)CCCCC.CCCCCCCCC(CCCCCCCC)OC(=O)CCCCCCCOC[C@@H]1C[C@H](/C=C/C(=O)CCN(C)c2ccncc2)CN1CCCCCCC(C)(C)C(C)=O. The predicted octanol–water partition coefficient (Wildman–Crippen LogP) is 19.8. The average molecular weight is 1080 g/mol. The van der Waals surface area contributed by atoms with Gasteiger partial charge in [-0.2, -0.15) is 0 Å². The molecule has 0 spiro atoms. The summed E-state index contributed by atoms with van der Waals surface area (Å²) in [6.07, 6.45) is 55.2. The molecule has 0 saturated carbocycles. The minimum atomic E-state index is -0.222. The van der Waals surface area contributed by atoms with Gasteiger partial charge in [-0.3, -0.25) is 24.3 Å². The second kappa shape index (κ2) is 51.3. The van der Waals surface area contributed by atoms with E-state index in [1.54, 1.807) is 19.3 Å². The maximum Gasteiger partial charge on any atom is 0.306 e. The molecule has 1 aromatic heterocycles. The van der Waals surface area contributed by atoms with Gasteiger partial charge in [0.15, 0.2) is 5.78 Å². The van der Waals surface area contributed by atoms with E-state index in [1.807, 2.05) is 25.3 Å². The van der Waals surface area contributed by atoms with Crippen molar-refractivity contribution >= 4 is 23.2 Å². The average Bonchev–Trinajstić information content (AvgIpc) is 3.81. The number of aromatic nitrogens is 1. The molecule has 1 aliphatic heterocycles. The van der Waals surface area contributed by atoms with Crippen LogP contribution in [0.2, 0.25) is 0 Å². The van der Waals surface area contributed by atoms with Gasteiger partial charge in [-0.05, 0) is 114 Å². The van der Waals surface area contributed by atoms with Crippen molar-refractivity contribution in [3.05, 3.63) is 49.3 Å². The number of carbonyl (C=O) groups excluding carboxylic acids is 3.